The number of halogens is 1. The van der Waals surface area contributed by atoms with Crippen LogP contribution in [0.15, 0.2) is 35.4 Å². The van der Waals surface area contributed by atoms with E-state index in [4.69, 9.17) is 11.6 Å². The molecule has 0 amide bonds. The maximum absolute atomic E-state index is 13.1. The summed E-state index contributed by atoms with van der Waals surface area (Å²) < 4.78 is 27.9. The van der Waals surface area contributed by atoms with E-state index in [1.54, 1.807) is 34.8 Å². The van der Waals surface area contributed by atoms with E-state index in [-0.39, 0.29) is 12.1 Å². The molecular weight excluding hydrogens is 322 g/mol. The van der Waals surface area contributed by atoms with Crippen LogP contribution >= 0.6 is 11.6 Å². The summed E-state index contributed by atoms with van der Waals surface area (Å²) in [6, 6.07) is 6.31. The van der Waals surface area contributed by atoms with Gasteiger partial charge in [0, 0.05) is 28.7 Å². The Morgan fingerprint density at radius 2 is 2.00 bits per heavy atom. The predicted molar refractivity (Wildman–Crippen MR) is 83.1 cm³/mol. The van der Waals surface area contributed by atoms with Crippen LogP contribution in [0, 0.1) is 0 Å². The van der Waals surface area contributed by atoms with Gasteiger partial charge in [-0.15, -0.1) is 0 Å². The molecule has 2 atom stereocenters. The first-order valence-corrected chi connectivity index (χ1v) is 9.20. The topological polar surface area (TPSA) is 66.1 Å². The largest absolute Gasteiger partial charge is 0.282 e. The number of hydrogen-bond donors (Lipinski definition) is 1. The Balaban J connectivity index is 1.80. The summed E-state index contributed by atoms with van der Waals surface area (Å²) in [6.07, 6.45) is 5.26. The molecule has 7 heteroatoms. The van der Waals surface area contributed by atoms with E-state index in [0.29, 0.717) is 16.3 Å². The number of piperidine rings is 1. The Hall–Kier alpha value is -1.37. The SMILES string of the molecule is O=S(=O)(c1ccc(Cl)cc1)N1[C@H]2CCC[C@@H]1c1cn[nH]c1C2. The van der Waals surface area contributed by atoms with Gasteiger partial charge in [-0.25, -0.2) is 8.42 Å². The van der Waals surface area contributed by atoms with Crippen LogP contribution in [0.2, 0.25) is 5.02 Å². The summed E-state index contributed by atoms with van der Waals surface area (Å²) in [5, 5.41) is 7.65. The summed E-state index contributed by atoms with van der Waals surface area (Å²) in [5.74, 6) is 0. The molecule has 4 rings (SSSR count). The van der Waals surface area contributed by atoms with Gasteiger partial charge in [-0.3, -0.25) is 5.10 Å². The zero-order valence-corrected chi connectivity index (χ0v) is 13.4. The Morgan fingerprint density at radius 3 is 2.77 bits per heavy atom. The van der Waals surface area contributed by atoms with E-state index in [9.17, 15) is 8.42 Å². The quantitative estimate of drug-likeness (QED) is 0.916. The number of nitrogens with zero attached hydrogens (tertiary/aromatic N) is 2. The summed E-state index contributed by atoms with van der Waals surface area (Å²) in [6.45, 7) is 0. The van der Waals surface area contributed by atoms with E-state index in [1.807, 2.05) is 0 Å². The number of H-pyrrole nitrogens is 1. The average Bonchev–Trinajstić information content (AvgIpc) is 2.95. The van der Waals surface area contributed by atoms with Crippen LogP contribution in [0.1, 0.15) is 36.6 Å². The van der Waals surface area contributed by atoms with Crippen LogP contribution in [0.3, 0.4) is 0 Å². The Morgan fingerprint density at radius 1 is 1.23 bits per heavy atom. The number of benzene rings is 1. The highest BCUT2D eigenvalue weighted by Crippen LogP contribution is 2.44. The minimum atomic E-state index is -3.53. The molecule has 0 radical (unpaired) electrons. The standard InChI is InChI=1S/C15H16ClN3O2S/c16-10-4-6-12(7-5-10)22(20,21)19-11-2-1-3-15(19)13-9-17-18-14(13)8-11/h4-7,9,11,15H,1-3,8H2,(H,17,18)/t11-,15+/m0/s1. The smallest absolute Gasteiger partial charge is 0.243 e. The van der Waals surface area contributed by atoms with Crippen molar-refractivity contribution in [2.75, 3.05) is 0 Å². The third-order valence-electron chi connectivity index (χ3n) is 4.62. The second kappa shape index (κ2) is 5.08. The highest BCUT2D eigenvalue weighted by Gasteiger charge is 2.45. The maximum atomic E-state index is 13.1. The molecule has 2 aliphatic rings. The van der Waals surface area contributed by atoms with Gasteiger partial charge in [0.25, 0.3) is 0 Å². The molecule has 1 N–H and O–H groups in total. The van der Waals surface area contributed by atoms with Gasteiger partial charge in [-0.05, 0) is 43.5 Å². The van der Waals surface area contributed by atoms with Crippen molar-refractivity contribution in [3.05, 3.63) is 46.7 Å². The first kappa shape index (κ1) is 14.2. The number of fused-ring (bicyclic) bond motifs is 4. The Kier molecular flexibility index (Phi) is 3.29. The van der Waals surface area contributed by atoms with Crippen molar-refractivity contribution in [3.63, 3.8) is 0 Å². The summed E-state index contributed by atoms with van der Waals surface area (Å²) >= 11 is 5.87. The molecular formula is C15H16ClN3O2S. The second-order valence-corrected chi connectivity index (χ2v) is 8.18. The minimum Gasteiger partial charge on any atom is -0.282 e. The average molecular weight is 338 g/mol. The van der Waals surface area contributed by atoms with Crippen LogP contribution in [0.25, 0.3) is 0 Å². The van der Waals surface area contributed by atoms with E-state index in [1.165, 1.54) is 0 Å². The van der Waals surface area contributed by atoms with Gasteiger partial charge < -0.3 is 0 Å². The molecule has 0 aliphatic carbocycles. The van der Waals surface area contributed by atoms with Crippen molar-refractivity contribution in [2.45, 2.75) is 42.7 Å². The zero-order valence-electron chi connectivity index (χ0n) is 11.9. The molecule has 1 fully saturated rings. The first-order chi connectivity index (χ1) is 10.6. The fraction of sp³-hybridized carbons (Fsp3) is 0.400. The van der Waals surface area contributed by atoms with Gasteiger partial charge >= 0.3 is 0 Å². The number of sulfonamides is 1. The highest BCUT2D eigenvalue weighted by molar-refractivity contribution is 7.89. The lowest BCUT2D eigenvalue weighted by molar-refractivity contribution is 0.162. The second-order valence-electron chi connectivity index (χ2n) is 5.90. The third-order valence-corrected chi connectivity index (χ3v) is 6.85. The van der Waals surface area contributed by atoms with Gasteiger partial charge in [0.2, 0.25) is 10.0 Å². The van der Waals surface area contributed by atoms with Gasteiger partial charge in [0.05, 0.1) is 17.1 Å². The summed E-state index contributed by atoms with van der Waals surface area (Å²) in [7, 11) is -3.53. The molecule has 2 bridgehead atoms. The molecule has 3 heterocycles. The van der Waals surface area contributed by atoms with Crippen molar-refractivity contribution in [3.8, 4) is 0 Å². The molecule has 22 heavy (non-hydrogen) atoms. The van der Waals surface area contributed by atoms with Gasteiger partial charge in [0.1, 0.15) is 0 Å². The van der Waals surface area contributed by atoms with E-state index >= 15 is 0 Å². The summed E-state index contributed by atoms with van der Waals surface area (Å²) in [5.41, 5.74) is 2.10. The normalized spacial score (nSPS) is 25.0. The van der Waals surface area contributed by atoms with Crippen LogP contribution in [0.4, 0.5) is 0 Å². The lowest BCUT2D eigenvalue weighted by atomic mass is 9.86. The first-order valence-electron chi connectivity index (χ1n) is 7.38. The number of aromatic nitrogens is 2. The molecule has 1 saturated heterocycles. The van der Waals surface area contributed by atoms with Gasteiger partial charge in [-0.1, -0.05) is 11.6 Å². The fourth-order valence-corrected chi connectivity index (χ4v) is 5.62. The molecule has 2 aromatic rings. The van der Waals surface area contributed by atoms with Crippen molar-refractivity contribution in [1.29, 1.82) is 0 Å². The molecule has 0 saturated carbocycles. The lowest BCUT2D eigenvalue weighted by Crippen LogP contribution is -2.49. The fourth-order valence-electron chi connectivity index (χ4n) is 3.64. The molecule has 5 nitrogen and oxygen atoms in total. The minimum absolute atomic E-state index is 0.00683. The van der Waals surface area contributed by atoms with Crippen LogP contribution < -0.4 is 0 Å². The van der Waals surface area contributed by atoms with Crippen molar-refractivity contribution < 1.29 is 8.42 Å². The van der Waals surface area contributed by atoms with Crippen molar-refractivity contribution in [1.82, 2.24) is 14.5 Å². The van der Waals surface area contributed by atoms with E-state index in [0.717, 1.165) is 30.5 Å². The van der Waals surface area contributed by atoms with Crippen LogP contribution in [-0.4, -0.2) is 29.0 Å². The maximum Gasteiger partial charge on any atom is 0.243 e. The Labute approximate surface area is 134 Å². The summed E-state index contributed by atoms with van der Waals surface area (Å²) in [4.78, 5) is 0.306. The number of nitrogens with one attached hydrogen (secondary N) is 1. The molecule has 1 aromatic carbocycles. The predicted octanol–water partition coefficient (Wildman–Crippen LogP) is 2.90. The number of hydrogen-bond acceptors (Lipinski definition) is 3. The van der Waals surface area contributed by atoms with Gasteiger partial charge in [0.15, 0.2) is 0 Å². The molecule has 116 valence electrons. The van der Waals surface area contributed by atoms with Crippen LogP contribution in [-0.2, 0) is 16.4 Å². The van der Waals surface area contributed by atoms with Crippen molar-refractivity contribution >= 4 is 21.6 Å². The van der Waals surface area contributed by atoms with Gasteiger partial charge in [-0.2, -0.15) is 9.40 Å². The molecule has 0 unspecified atom stereocenters. The van der Waals surface area contributed by atoms with E-state index < -0.39 is 10.0 Å². The molecule has 1 aromatic heterocycles. The molecule has 0 spiro atoms. The Bertz CT molecular complexity index is 800. The molecule has 2 aliphatic heterocycles. The van der Waals surface area contributed by atoms with E-state index in [2.05, 4.69) is 10.2 Å². The highest BCUT2D eigenvalue weighted by atomic mass is 35.5. The number of rotatable bonds is 2. The lowest BCUT2D eigenvalue weighted by Gasteiger charge is -2.44. The monoisotopic (exact) mass is 337 g/mol. The van der Waals surface area contributed by atoms with Crippen LogP contribution in [0.5, 0.6) is 0 Å². The zero-order chi connectivity index (χ0) is 15.3. The van der Waals surface area contributed by atoms with Crippen molar-refractivity contribution in [2.24, 2.45) is 0 Å². The third kappa shape index (κ3) is 2.09. The number of aromatic amines is 1.